The first-order chi connectivity index (χ1) is 14.4. The fourth-order valence-electron chi connectivity index (χ4n) is 3.54. The Kier molecular flexibility index (Phi) is 5.56. The van der Waals surface area contributed by atoms with Gasteiger partial charge in [0.05, 0.1) is 18.2 Å². The molecule has 3 aromatic heterocycles. The molecule has 30 heavy (non-hydrogen) atoms. The topological polar surface area (TPSA) is 111 Å². The molecule has 1 aliphatic heterocycles. The molecule has 1 aliphatic rings. The van der Waals surface area contributed by atoms with Crippen LogP contribution in [-0.2, 0) is 23.6 Å². The lowest BCUT2D eigenvalue weighted by molar-refractivity contribution is 0.328. The predicted molar refractivity (Wildman–Crippen MR) is 112 cm³/mol. The van der Waals surface area contributed by atoms with E-state index in [-0.39, 0.29) is 11.1 Å². The van der Waals surface area contributed by atoms with Crippen molar-refractivity contribution < 1.29 is 8.42 Å². The highest BCUT2D eigenvalue weighted by atomic mass is 32.2. The summed E-state index contributed by atoms with van der Waals surface area (Å²) in [5.74, 6) is 0.547. The second kappa shape index (κ2) is 8.15. The monoisotopic (exact) mass is 430 g/mol. The third-order valence-electron chi connectivity index (χ3n) is 5.27. The number of nitrogens with zero attached hydrogens (tertiary/aromatic N) is 7. The molecule has 0 atom stereocenters. The van der Waals surface area contributed by atoms with E-state index in [2.05, 4.69) is 25.4 Å². The van der Waals surface area contributed by atoms with Crippen LogP contribution in [0.4, 0.5) is 5.95 Å². The number of anilines is 1. The number of aromatic nitrogens is 6. The van der Waals surface area contributed by atoms with Crippen LogP contribution in [0.15, 0.2) is 36.1 Å². The van der Waals surface area contributed by atoms with Gasteiger partial charge in [0, 0.05) is 56.9 Å². The number of hydrogen-bond donors (Lipinski definition) is 1. The van der Waals surface area contributed by atoms with Gasteiger partial charge in [-0.25, -0.2) is 23.4 Å². The molecule has 1 saturated heterocycles. The lowest BCUT2D eigenvalue weighted by atomic mass is 10.1. The van der Waals surface area contributed by atoms with E-state index in [0.29, 0.717) is 31.9 Å². The first kappa shape index (κ1) is 20.5. The molecule has 1 fully saturated rings. The highest BCUT2D eigenvalue weighted by Crippen LogP contribution is 2.24. The van der Waals surface area contributed by atoms with E-state index in [0.717, 1.165) is 23.4 Å². The molecule has 0 amide bonds. The van der Waals surface area contributed by atoms with Crippen molar-refractivity contribution in [2.45, 2.75) is 44.3 Å². The van der Waals surface area contributed by atoms with Gasteiger partial charge < -0.3 is 9.88 Å². The molecule has 1 N–H and O–H groups in total. The average Bonchev–Trinajstić information content (AvgIpc) is 3.39. The Morgan fingerprint density at radius 2 is 1.93 bits per heavy atom. The summed E-state index contributed by atoms with van der Waals surface area (Å²) < 4.78 is 30.5. The van der Waals surface area contributed by atoms with Gasteiger partial charge in [-0.15, -0.1) is 0 Å². The summed E-state index contributed by atoms with van der Waals surface area (Å²) in [6.07, 6.45) is 9.96. The summed E-state index contributed by atoms with van der Waals surface area (Å²) in [4.78, 5) is 13.1. The van der Waals surface area contributed by atoms with Crippen molar-refractivity contribution in [3.8, 4) is 11.3 Å². The van der Waals surface area contributed by atoms with Crippen molar-refractivity contribution in [2.24, 2.45) is 7.05 Å². The second-order valence-corrected chi connectivity index (χ2v) is 9.39. The quantitative estimate of drug-likeness (QED) is 0.633. The molecule has 0 unspecified atom stereocenters. The zero-order chi connectivity index (χ0) is 21.3. The zero-order valence-corrected chi connectivity index (χ0v) is 18.2. The molecule has 3 aromatic rings. The van der Waals surface area contributed by atoms with Crippen LogP contribution in [0.2, 0.25) is 0 Å². The zero-order valence-electron chi connectivity index (χ0n) is 17.4. The van der Waals surface area contributed by atoms with Crippen LogP contribution >= 0.6 is 0 Å². The maximum atomic E-state index is 12.7. The highest BCUT2D eigenvalue weighted by molar-refractivity contribution is 7.89. The Hall–Kier alpha value is -2.79. The second-order valence-electron chi connectivity index (χ2n) is 7.51. The van der Waals surface area contributed by atoms with E-state index >= 15 is 0 Å². The first-order valence-electron chi connectivity index (χ1n) is 9.98. The van der Waals surface area contributed by atoms with Crippen LogP contribution < -0.4 is 5.32 Å². The average molecular weight is 431 g/mol. The van der Waals surface area contributed by atoms with Crippen molar-refractivity contribution in [1.29, 1.82) is 0 Å². The summed E-state index contributed by atoms with van der Waals surface area (Å²) in [7, 11) is -1.80. The fraction of sp³-hybridized carbons (Fsp3) is 0.474. The van der Waals surface area contributed by atoms with Crippen LogP contribution in [0.25, 0.3) is 11.3 Å². The number of aryl methyl sites for hydroxylation is 3. The lowest BCUT2D eigenvalue weighted by Gasteiger charge is -2.31. The SMILES string of the molecule is CCn1cc(-c2nc(NC3CCN(S(=O)(=O)c4cn(C)cn4)CC3)ncc2C)cn1. The Morgan fingerprint density at radius 3 is 2.57 bits per heavy atom. The fourth-order valence-corrected chi connectivity index (χ4v) is 4.98. The number of rotatable bonds is 6. The number of imidazole rings is 1. The Morgan fingerprint density at radius 1 is 1.17 bits per heavy atom. The van der Waals surface area contributed by atoms with Crippen LogP contribution in [0.5, 0.6) is 0 Å². The van der Waals surface area contributed by atoms with Crippen LogP contribution in [0.3, 0.4) is 0 Å². The van der Waals surface area contributed by atoms with E-state index in [1.54, 1.807) is 17.8 Å². The minimum absolute atomic E-state index is 0.0931. The Labute approximate surface area is 176 Å². The molecule has 10 nitrogen and oxygen atoms in total. The van der Waals surface area contributed by atoms with Gasteiger partial charge >= 0.3 is 0 Å². The van der Waals surface area contributed by atoms with Gasteiger partial charge in [0.2, 0.25) is 5.95 Å². The standard InChI is InChI=1S/C19H26N8O2S/c1-4-26-11-15(10-22-26)18-14(2)9-20-19(24-18)23-16-5-7-27(8-6-16)30(28,29)17-12-25(3)13-21-17/h9-13,16H,4-8H2,1-3H3,(H,20,23,24). The Balaban J connectivity index is 1.42. The van der Waals surface area contributed by atoms with Crippen molar-refractivity contribution in [1.82, 2.24) is 33.6 Å². The maximum Gasteiger partial charge on any atom is 0.262 e. The van der Waals surface area contributed by atoms with Gasteiger partial charge in [-0.3, -0.25) is 4.68 Å². The molecule has 0 saturated carbocycles. The molecule has 4 heterocycles. The largest absolute Gasteiger partial charge is 0.351 e. The van der Waals surface area contributed by atoms with E-state index in [4.69, 9.17) is 0 Å². The van der Waals surface area contributed by atoms with Gasteiger partial charge in [0.25, 0.3) is 10.0 Å². The summed E-state index contributed by atoms with van der Waals surface area (Å²) in [5.41, 5.74) is 2.78. The molecule has 0 spiro atoms. The van der Waals surface area contributed by atoms with Crippen molar-refractivity contribution in [2.75, 3.05) is 18.4 Å². The van der Waals surface area contributed by atoms with Crippen LogP contribution in [0.1, 0.15) is 25.3 Å². The highest BCUT2D eigenvalue weighted by Gasteiger charge is 2.31. The molecule has 0 bridgehead atoms. The Bertz CT molecular complexity index is 1130. The van der Waals surface area contributed by atoms with Crippen LogP contribution in [0, 0.1) is 6.92 Å². The molecule has 0 aromatic carbocycles. The third-order valence-corrected chi connectivity index (χ3v) is 7.06. The van der Waals surface area contributed by atoms with Gasteiger partial charge in [0.1, 0.15) is 0 Å². The van der Waals surface area contributed by atoms with Gasteiger partial charge in [-0.2, -0.15) is 9.40 Å². The number of sulfonamides is 1. The van der Waals surface area contributed by atoms with Crippen molar-refractivity contribution >= 4 is 16.0 Å². The number of nitrogens with one attached hydrogen (secondary N) is 1. The van der Waals surface area contributed by atoms with Gasteiger partial charge in [-0.05, 0) is 32.3 Å². The molecular weight excluding hydrogens is 404 g/mol. The number of hydrogen-bond acceptors (Lipinski definition) is 7. The summed E-state index contributed by atoms with van der Waals surface area (Å²) in [5, 5.41) is 7.78. The molecule has 4 rings (SSSR count). The summed E-state index contributed by atoms with van der Waals surface area (Å²) >= 11 is 0. The van der Waals surface area contributed by atoms with E-state index < -0.39 is 10.0 Å². The summed E-state index contributed by atoms with van der Waals surface area (Å²) in [6.45, 7) is 5.67. The van der Waals surface area contributed by atoms with E-state index in [9.17, 15) is 8.42 Å². The smallest absolute Gasteiger partial charge is 0.262 e. The maximum absolute atomic E-state index is 12.7. The van der Waals surface area contributed by atoms with E-state index in [1.807, 2.05) is 30.9 Å². The normalized spacial score (nSPS) is 16.1. The van der Waals surface area contributed by atoms with Gasteiger partial charge in [-0.1, -0.05) is 0 Å². The first-order valence-corrected chi connectivity index (χ1v) is 11.4. The lowest BCUT2D eigenvalue weighted by Crippen LogP contribution is -2.42. The van der Waals surface area contributed by atoms with Gasteiger partial charge in [0.15, 0.2) is 5.03 Å². The molecule has 0 aliphatic carbocycles. The number of piperidine rings is 1. The predicted octanol–water partition coefficient (Wildman–Crippen LogP) is 1.67. The van der Waals surface area contributed by atoms with Crippen LogP contribution in [-0.4, -0.2) is 61.2 Å². The van der Waals surface area contributed by atoms with E-state index in [1.165, 1.54) is 16.8 Å². The van der Waals surface area contributed by atoms with Crippen molar-refractivity contribution in [3.05, 3.63) is 36.7 Å². The summed E-state index contributed by atoms with van der Waals surface area (Å²) in [6, 6.07) is 0.106. The third kappa shape index (κ3) is 4.08. The minimum atomic E-state index is -3.55. The molecule has 0 radical (unpaired) electrons. The van der Waals surface area contributed by atoms with Crippen molar-refractivity contribution in [3.63, 3.8) is 0 Å². The minimum Gasteiger partial charge on any atom is -0.351 e. The molecule has 160 valence electrons. The molecular formula is C19H26N8O2S. The molecule has 11 heteroatoms.